The standard InChI is InChI=1S/C18H10BrClN2O3S/c19-12-3-6-14-11(7-16(23)24-15(14)8-12)9-26-18-22-21-17(25-18)10-1-4-13(20)5-2-10/h1-8H,9H2. The van der Waals surface area contributed by atoms with Gasteiger partial charge in [0, 0.05) is 32.3 Å². The van der Waals surface area contributed by atoms with Crippen molar-refractivity contribution in [2.24, 2.45) is 0 Å². The van der Waals surface area contributed by atoms with Gasteiger partial charge in [-0.05, 0) is 48.0 Å². The molecule has 0 aliphatic carbocycles. The largest absolute Gasteiger partial charge is 0.423 e. The van der Waals surface area contributed by atoms with Gasteiger partial charge >= 0.3 is 5.63 Å². The van der Waals surface area contributed by atoms with E-state index < -0.39 is 5.63 Å². The summed E-state index contributed by atoms with van der Waals surface area (Å²) in [4.78, 5) is 11.8. The minimum Gasteiger partial charge on any atom is -0.423 e. The van der Waals surface area contributed by atoms with Gasteiger partial charge in [0.2, 0.25) is 5.89 Å². The van der Waals surface area contributed by atoms with Crippen LogP contribution in [0.1, 0.15) is 5.56 Å². The zero-order chi connectivity index (χ0) is 18.1. The fourth-order valence-electron chi connectivity index (χ4n) is 2.44. The monoisotopic (exact) mass is 448 g/mol. The Bertz CT molecular complexity index is 1140. The fraction of sp³-hybridized carbons (Fsp3) is 0.0556. The van der Waals surface area contributed by atoms with E-state index in [1.807, 2.05) is 24.3 Å². The summed E-state index contributed by atoms with van der Waals surface area (Å²) in [6.45, 7) is 0. The second-order valence-corrected chi connectivity index (χ2v) is 7.68. The van der Waals surface area contributed by atoms with E-state index in [1.54, 1.807) is 18.2 Å². The van der Waals surface area contributed by atoms with E-state index in [9.17, 15) is 4.79 Å². The maximum Gasteiger partial charge on any atom is 0.336 e. The van der Waals surface area contributed by atoms with Crippen molar-refractivity contribution in [1.82, 2.24) is 10.2 Å². The summed E-state index contributed by atoms with van der Waals surface area (Å²) < 4.78 is 11.8. The lowest BCUT2D eigenvalue weighted by Gasteiger charge is -2.04. The Hall–Kier alpha value is -2.09. The molecule has 0 fully saturated rings. The molecule has 0 bridgehead atoms. The quantitative estimate of drug-likeness (QED) is 0.300. The van der Waals surface area contributed by atoms with Crippen LogP contribution in [0.5, 0.6) is 0 Å². The van der Waals surface area contributed by atoms with Gasteiger partial charge in [-0.15, -0.1) is 10.2 Å². The predicted molar refractivity (Wildman–Crippen MR) is 104 cm³/mol. The van der Waals surface area contributed by atoms with Crippen molar-refractivity contribution in [2.45, 2.75) is 11.0 Å². The summed E-state index contributed by atoms with van der Waals surface area (Å²) in [5.74, 6) is 0.928. The first-order valence-electron chi connectivity index (χ1n) is 7.53. The van der Waals surface area contributed by atoms with Crippen LogP contribution in [-0.4, -0.2) is 10.2 Å². The average molecular weight is 450 g/mol. The van der Waals surface area contributed by atoms with Gasteiger partial charge < -0.3 is 8.83 Å². The first kappa shape index (κ1) is 17.3. The molecule has 0 unspecified atom stereocenters. The average Bonchev–Trinajstić information content (AvgIpc) is 3.08. The molecule has 8 heteroatoms. The number of thioether (sulfide) groups is 1. The number of fused-ring (bicyclic) bond motifs is 1. The predicted octanol–water partition coefficient (Wildman–Crippen LogP) is 5.55. The maximum absolute atomic E-state index is 11.8. The number of nitrogens with zero attached hydrogens (tertiary/aromatic N) is 2. The molecule has 2 aromatic heterocycles. The van der Waals surface area contributed by atoms with Gasteiger partial charge in [0.25, 0.3) is 5.22 Å². The number of rotatable bonds is 4. The van der Waals surface area contributed by atoms with Crippen molar-refractivity contribution in [3.05, 3.63) is 74.0 Å². The maximum atomic E-state index is 11.8. The molecule has 0 saturated carbocycles. The third kappa shape index (κ3) is 3.70. The lowest BCUT2D eigenvalue weighted by Crippen LogP contribution is -1.99. The Morgan fingerprint density at radius 1 is 1.04 bits per heavy atom. The summed E-state index contributed by atoms with van der Waals surface area (Å²) in [6.07, 6.45) is 0. The fourth-order valence-corrected chi connectivity index (χ4v) is 3.66. The Balaban J connectivity index is 1.57. The molecule has 2 heterocycles. The molecule has 5 nitrogen and oxygen atoms in total. The molecule has 0 aliphatic rings. The third-order valence-electron chi connectivity index (χ3n) is 3.64. The Morgan fingerprint density at radius 2 is 1.85 bits per heavy atom. The normalized spacial score (nSPS) is 11.2. The van der Waals surface area contributed by atoms with Crippen LogP contribution in [0, 0.1) is 0 Å². The number of benzene rings is 2. The van der Waals surface area contributed by atoms with Crippen LogP contribution in [-0.2, 0) is 5.75 Å². The molecule has 0 amide bonds. The smallest absolute Gasteiger partial charge is 0.336 e. The highest BCUT2D eigenvalue weighted by molar-refractivity contribution is 9.10. The van der Waals surface area contributed by atoms with Crippen LogP contribution in [0.3, 0.4) is 0 Å². The third-order valence-corrected chi connectivity index (χ3v) is 5.25. The van der Waals surface area contributed by atoms with Crippen molar-refractivity contribution >= 4 is 50.3 Å². The molecule has 0 radical (unpaired) electrons. The first-order chi connectivity index (χ1) is 12.6. The molecule has 0 saturated heterocycles. The van der Waals surface area contributed by atoms with Gasteiger partial charge in [-0.25, -0.2) is 4.79 Å². The van der Waals surface area contributed by atoms with Crippen molar-refractivity contribution in [3.8, 4) is 11.5 Å². The van der Waals surface area contributed by atoms with E-state index in [2.05, 4.69) is 26.1 Å². The van der Waals surface area contributed by atoms with E-state index in [1.165, 1.54) is 17.8 Å². The van der Waals surface area contributed by atoms with Crippen molar-refractivity contribution in [2.75, 3.05) is 0 Å². The molecule has 130 valence electrons. The molecular formula is C18H10BrClN2O3S. The van der Waals surface area contributed by atoms with Crippen LogP contribution in [0.2, 0.25) is 5.02 Å². The molecule has 0 aliphatic heterocycles. The zero-order valence-electron chi connectivity index (χ0n) is 13.1. The van der Waals surface area contributed by atoms with Gasteiger partial charge in [0.05, 0.1) is 0 Å². The van der Waals surface area contributed by atoms with Crippen LogP contribution in [0.15, 0.2) is 71.9 Å². The molecule has 0 spiro atoms. The lowest BCUT2D eigenvalue weighted by molar-refractivity contribution is 0.466. The molecule has 26 heavy (non-hydrogen) atoms. The molecule has 4 aromatic rings. The Labute approximate surface area is 165 Å². The van der Waals surface area contributed by atoms with Gasteiger partial charge in [-0.1, -0.05) is 39.3 Å². The Morgan fingerprint density at radius 3 is 2.65 bits per heavy atom. The minimum absolute atomic E-state index is 0.390. The topological polar surface area (TPSA) is 69.1 Å². The summed E-state index contributed by atoms with van der Waals surface area (Å²) in [7, 11) is 0. The molecule has 0 atom stereocenters. The van der Waals surface area contributed by atoms with Crippen LogP contribution < -0.4 is 5.63 Å². The van der Waals surface area contributed by atoms with E-state index in [0.29, 0.717) is 27.5 Å². The van der Waals surface area contributed by atoms with E-state index in [-0.39, 0.29) is 0 Å². The van der Waals surface area contributed by atoms with Crippen molar-refractivity contribution in [3.63, 3.8) is 0 Å². The summed E-state index contributed by atoms with van der Waals surface area (Å²) in [6, 6.07) is 14.2. The minimum atomic E-state index is -0.390. The molecular weight excluding hydrogens is 440 g/mol. The van der Waals surface area contributed by atoms with Crippen LogP contribution in [0.25, 0.3) is 22.4 Å². The SMILES string of the molecule is O=c1cc(CSc2nnc(-c3ccc(Cl)cc3)o2)c2ccc(Br)cc2o1. The molecule has 4 rings (SSSR count). The highest BCUT2D eigenvalue weighted by Crippen LogP contribution is 2.29. The van der Waals surface area contributed by atoms with E-state index in [0.717, 1.165) is 21.0 Å². The number of aromatic nitrogens is 2. The molecule has 0 N–H and O–H groups in total. The first-order valence-corrected chi connectivity index (χ1v) is 9.69. The summed E-state index contributed by atoms with van der Waals surface area (Å²) in [5, 5.41) is 10.0. The highest BCUT2D eigenvalue weighted by atomic mass is 79.9. The second kappa shape index (κ2) is 7.26. The van der Waals surface area contributed by atoms with Gasteiger partial charge in [0.1, 0.15) is 5.58 Å². The molecule has 2 aromatic carbocycles. The number of halogens is 2. The lowest BCUT2D eigenvalue weighted by atomic mass is 10.1. The zero-order valence-corrected chi connectivity index (χ0v) is 16.3. The van der Waals surface area contributed by atoms with E-state index >= 15 is 0 Å². The van der Waals surface area contributed by atoms with Gasteiger partial charge in [0.15, 0.2) is 0 Å². The van der Waals surface area contributed by atoms with Crippen LogP contribution >= 0.6 is 39.3 Å². The van der Waals surface area contributed by atoms with Gasteiger partial charge in [-0.3, -0.25) is 0 Å². The second-order valence-electron chi connectivity index (χ2n) is 5.40. The van der Waals surface area contributed by atoms with Crippen molar-refractivity contribution < 1.29 is 8.83 Å². The van der Waals surface area contributed by atoms with Crippen molar-refractivity contribution in [1.29, 1.82) is 0 Å². The summed E-state index contributed by atoms with van der Waals surface area (Å²) in [5.41, 5.74) is 1.79. The Kier molecular flexibility index (Phi) is 4.84. The number of hydrogen-bond donors (Lipinski definition) is 0. The van der Waals surface area contributed by atoms with Crippen LogP contribution in [0.4, 0.5) is 0 Å². The highest BCUT2D eigenvalue weighted by Gasteiger charge is 2.12. The summed E-state index contributed by atoms with van der Waals surface area (Å²) >= 11 is 10.6. The van der Waals surface area contributed by atoms with E-state index in [4.69, 9.17) is 20.4 Å². The van der Waals surface area contributed by atoms with Gasteiger partial charge in [-0.2, -0.15) is 0 Å². The number of hydrogen-bond acceptors (Lipinski definition) is 6.